The fraction of sp³-hybridized carbons (Fsp3) is 0.136. The highest BCUT2D eigenvalue weighted by molar-refractivity contribution is 6.39. The highest BCUT2D eigenvalue weighted by Gasteiger charge is 2.14. The molecule has 3 rings (SSSR count). The summed E-state index contributed by atoms with van der Waals surface area (Å²) in [5.74, 6) is -1.70. The van der Waals surface area contributed by atoms with Crippen molar-refractivity contribution in [1.29, 1.82) is 0 Å². The molecule has 0 aliphatic rings. The molecule has 8 heteroatoms. The predicted octanol–water partition coefficient (Wildman–Crippen LogP) is 4.80. The Labute approximate surface area is 184 Å². The molecule has 0 unspecified atom stereocenters. The van der Waals surface area contributed by atoms with Gasteiger partial charge in [-0.1, -0.05) is 29.3 Å². The molecule has 154 valence electrons. The van der Waals surface area contributed by atoms with Crippen molar-refractivity contribution in [3.05, 3.63) is 81.1 Å². The van der Waals surface area contributed by atoms with Gasteiger partial charge in [-0.2, -0.15) is 5.10 Å². The van der Waals surface area contributed by atoms with Gasteiger partial charge in [-0.15, -0.1) is 0 Å². The van der Waals surface area contributed by atoms with Crippen molar-refractivity contribution in [2.24, 2.45) is 5.10 Å². The predicted molar refractivity (Wildman–Crippen MR) is 121 cm³/mol. The van der Waals surface area contributed by atoms with Gasteiger partial charge < -0.3 is 9.88 Å². The second kappa shape index (κ2) is 9.15. The topological polar surface area (TPSA) is 75.5 Å². The summed E-state index contributed by atoms with van der Waals surface area (Å²) in [4.78, 5) is 24.0. The standard InChI is InChI=1S/C22H20Cl2N4O2/c1-13-4-5-18(24)11-20(13)28-14(2)10-16(15(28)3)12-25-27-22(30)21(29)26-19-8-6-17(23)7-9-19/h4-12H,1-3H3,(H,26,29)(H,27,30)/b25-12+. The van der Waals surface area contributed by atoms with Crippen LogP contribution in [0.1, 0.15) is 22.5 Å². The third kappa shape index (κ3) is 4.90. The molecule has 0 fully saturated rings. The largest absolute Gasteiger partial charge is 0.329 e. The monoisotopic (exact) mass is 442 g/mol. The molecule has 0 saturated heterocycles. The number of carbonyl (C=O) groups is 2. The lowest BCUT2D eigenvalue weighted by atomic mass is 10.2. The van der Waals surface area contributed by atoms with Gasteiger partial charge in [0.1, 0.15) is 0 Å². The van der Waals surface area contributed by atoms with Crippen LogP contribution in [0, 0.1) is 20.8 Å². The van der Waals surface area contributed by atoms with E-state index in [4.69, 9.17) is 23.2 Å². The molecule has 6 nitrogen and oxygen atoms in total. The normalized spacial score (nSPS) is 11.0. The lowest BCUT2D eigenvalue weighted by Gasteiger charge is -2.13. The summed E-state index contributed by atoms with van der Waals surface area (Å²) in [5.41, 5.74) is 7.49. The van der Waals surface area contributed by atoms with E-state index < -0.39 is 11.8 Å². The number of amides is 2. The number of carbonyl (C=O) groups excluding carboxylic acids is 2. The van der Waals surface area contributed by atoms with Crippen molar-refractivity contribution < 1.29 is 9.59 Å². The Kier molecular flexibility index (Phi) is 6.59. The van der Waals surface area contributed by atoms with Gasteiger partial charge in [0, 0.05) is 38.4 Å². The van der Waals surface area contributed by atoms with Gasteiger partial charge >= 0.3 is 11.8 Å². The summed E-state index contributed by atoms with van der Waals surface area (Å²) in [7, 11) is 0. The molecule has 3 aromatic rings. The summed E-state index contributed by atoms with van der Waals surface area (Å²) >= 11 is 12.0. The van der Waals surface area contributed by atoms with Crippen LogP contribution in [0.3, 0.4) is 0 Å². The summed E-state index contributed by atoms with van der Waals surface area (Å²) in [6.07, 6.45) is 1.51. The van der Waals surface area contributed by atoms with Crippen LogP contribution >= 0.6 is 23.2 Å². The lowest BCUT2D eigenvalue weighted by Crippen LogP contribution is -2.32. The maximum Gasteiger partial charge on any atom is 0.329 e. The zero-order chi connectivity index (χ0) is 21.8. The molecule has 0 aliphatic heterocycles. The third-order valence-corrected chi connectivity index (χ3v) is 5.05. The van der Waals surface area contributed by atoms with Crippen molar-refractivity contribution in [3.8, 4) is 5.69 Å². The van der Waals surface area contributed by atoms with E-state index >= 15 is 0 Å². The van der Waals surface area contributed by atoms with Crippen LogP contribution in [0.25, 0.3) is 5.69 Å². The molecule has 0 saturated carbocycles. The fourth-order valence-electron chi connectivity index (χ4n) is 3.04. The highest BCUT2D eigenvalue weighted by atomic mass is 35.5. The molecule has 2 N–H and O–H groups in total. The highest BCUT2D eigenvalue weighted by Crippen LogP contribution is 2.25. The summed E-state index contributed by atoms with van der Waals surface area (Å²) < 4.78 is 2.07. The number of anilines is 1. The molecule has 2 amide bonds. The molecule has 0 bridgehead atoms. The van der Waals surface area contributed by atoms with Crippen LogP contribution in [0.2, 0.25) is 10.0 Å². The Morgan fingerprint density at radius 1 is 0.933 bits per heavy atom. The van der Waals surface area contributed by atoms with Crippen molar-refractivity contribution in [3.63, 3.8) is 0 Å². The van der Waals surface area contributed by atoms with Gasteiger partial charge in [0.05, 0.1) is 6.21 Å². The molecule has 2 aromatic carbocycles. The number of nitrogens with zero attached hydrogens (tertiary/aromatic N) is 2. The number of benzene rings is 2. The first-order valence-electron chi connectivity index (χ1n) is 9.11. The number of hydrazone groups is 1. The van der Waals surface area contributed by atoms with Gasteiger partial charge in [0.25, 0.3) is 0 Å². The molecule has 0 atom stereocenters. The minimum atomic E-state index is -0.874. The van der Waals surface area contributed by atoms with Crippen LogP contribution in [-0.2, 0) is 9.59 Å². The van der Waals surface area contributed by atoms with E-state index in [-0.39, 0.29) is 0 Å². The molecule has 0 spiro atoms. The molecule has 0 radical (unpaired) electrons. The van der Waals surface area contributed by atoms with Crippen LogP contribution in [0.4, 0.5) is 5.69 Å². The number of rotatable bonds is 4. The average Bonchev–Trinajstić information content (AvgIpc) is 2.98. The Bertz CT molecular complexity index is 1130. The summed E-state index contributed by atoms with van der Waals surface area (Å²) in [6, 6.07) is 14.1. The Morgan fingerprint density at radius 3 is 2.30 bits per heavy atom. The van der Waals surface area contributed by atoms with Crippen molar-refractivity contribution in [1.82, 2.24) is 9.99 Å². The minimum Gasteiger partial charge on any atom is -0.318 e. The van der Waals surface area contributed by atoms with E-state index in [0.717, 1.165) is 28.2 Å². The number of hydrogen-bond donors (Lipinski definition) is 2. The Morgan fingerprint density at radius 2 is 1.60 bits per heavy atom. The molecule has 0 aliphatic carbocycles. The van der Waals surface area contributed by atoms with E-state index in [2.05, 4.69) is 20.4 Å². The molecular weight excluding hydrogens is 423 g/mol. The maximum absolute atomic E-state index is 12.0. The summed E-state index contributed by atoms with van der Waals surface area (Å²) in [6.45, 7) is 5.93. The first-order valence-corrected chi connectivity index (χ1v) is 9.87. The Balaban J connectivity index is 1.70. The maximum atomic E-state index is 12.0. The number of halogens is 2. The first kappa shape index (κ1) is 21.6. The molecule has 30 heavy (non-hydrogen) atoms. The van der Waals surface area contributed by atoms with Gasteiger partial charge in [-0.3, -0.25) is 9.59 Å². The lowest BCUT2D eigenvalue weighted by molar-refractivity contribution is -0.136. The van der Waals surface area contributed by atoms with Gasteiger partial charge in [0.15, 0.2) is 0 Å². The first-order chi connectivity index (χ1) is 14.3. The van der Waals surface area contributed by atoms with Gasteiger partial charge in [-0.25, -0.2) is 5.43 Å². The van der Waals surface area contributed by atoms with Crippen LogP contribution in [0.15, 0.2) is 53.6 Å². The van der Waals surface area contributed by atoms with Crippen molar-refractivity contribution >= 4 is 46.9 Å². The van der Waals surface area contributed by atoms with Crippen LogP contribution < -0.4 is 10.7 Å². The van der Waals surface area contributed by atoms with E-state index in [1.807, 2.05) is 45.0 Å². The average molecular weight is 443 g/mol. The van der Waals surface area contributed by atoms with Gasteiger partial charge in [-0.05, 0) is 68.8 Å². The zero-order valence-electron chi connectivity index (χ0n) is 16.7. The number of nitrogens with one attached hydrogen (secondary N) is 2. The number of aryl methyl sites for hydroxylation is 2. The SMILES string of the molecule is Cc1ccc(Cl)cc1-n1c(C)cc(/C=N/NC(=O)C(=O)Nc2ccc(Cl)cc2)c1C. The second-order valence-corrected chi connectivity index (χ2v) is 7.63. The molecular formula is C22H20Cl2N4O2. The number of aromatic nitrogens is 1. The van der Waals surface area contributed by atoms with Gasteiger partial charge in [0.2, 0.25) is 0 Å². The van der Waals surface area contributed by atoms with Crippen molar-refractivity contribution in [2.75, 3.05) is 5.32 Å². The van der Waals surface area contributed by atoms with E-state index in [1.54, 1.807) is 24.3 Å². The Hall–Kier alpha value is -3.09. The third-order valence-electron chi connectivity index (χ3n) is 4.56. The second-order valence-electron chi connectivity index (χ2n) is 6.75. The van der Waals surface area contributed by atoms with Crippen molar-refractivity contribution in [2.45, 2.75) is 20.8 Å². The zero-order valence-corrected chi connectivity index (χ0v) is 18.2. The smallest absolute Gasteiger partial charge is 0.318 e. The fourth-order valence-corrected chi connectivity index (χ4v) is 3.34. The molecule has 1 aromatic heterocycles. The molecule has 1 heterocycles. The van der Waals surface area contributed by atoms with Crippen LogP contribution in [-0.4, -0.2) is 22.6 Å². The van der Waals surface area contributed by atoms with E-state index in [0.29, 0.717) is 15.7 Å². The van der Waals surface area contributed by atoms with E-state index in [9.17, 15) is 9.59 Å². The number of hydrogen-bond acceptors (Lipinski definition) is 3. The van der Waals surface area contributed by atoms with E-state index in [1.165, 1.54) is 6.21 Å². The minimum absolute atomic E-state index is 0.462. The quantitative estimate of drug-likeness (QED) is 0.345. The summed E-state index contributed by atoms with van der Waals surface area (Å²) in [5, 5.41) is 7.58. The van der Waals surface area contributed by atoms with Crippen LogP contribution in [0.5, 0.6) is 0 Å².